The van der Waals surface area contributed by atoms with Crippen LogP contribution in [0.2, 0.25) is 0 Å². The van der Waals surface area contributed by atoms with Crippen molar-refractivity contribution < 1.29 is 8.42 Å². The predicted octanol–water partition coefficient (Wildman–Crippen LogP) is 2.12. The van der Waals surface area contributed by atoms with Gasteiger partial charge in [0.2, 0.25) is 0 Å². The molecule has 2 rings (SSSR count). The molecule has 4 heteroatoms. The minimum Gasteiger partial charge on any atom is -0.327 e. The SMILES string of the molecule is CC(N)C1(S(=O)(=O)c2ccccc2)CCCC1. The standard InChI is InChI=1S/C13H19NO2S/c1-11(14)13(9-5-6-10-13)17(15,16)12-7-3-2-4-8-12/h2-4,7-8,11H,5-6,9-10,14H2,1H3. The number of sulfone groups is 1. The Morgan fingerprint density at radius 2 is 1.71 bits per heavy atom. The fourth-order valence-electron chi connectivity index (χ4n) is 2.78. The predicted molar refractivity (Wildman–Crippen MR) is 68.5 cm³/mol. The van der Waals surface area contributed by atoms with Gasteiger partial charge < -0.3 is 5.73 Å². The van der Waals surface area contributed by atoms with Crippen LogP contribution in [0.25, 0.3) is 0 Å². The molecule has 1 saturated carbocycles. The lowest BCUT2D eigenvalue weighted by Crippen LogP contribution is -2.50. The van der Waals surface area contributed by atoms with Crippen molar-refractivity contribution in [1.82, 2.24) is 0 Å². The van der Waals surface area contributed by atoms with Crippen molar-refractivity contribution in [3.8, 4) is 0 Å². The zero-order valence-electron chi connectivity index (χ0n) is 10.1. The molecule has 0 bridgehead atoms. The lowest BCUT2D eigenvalue weighted by atomic mass is 9.99. The van der Waals surface area contributed by atoms with E-state index in [0.717, 1.165) is 12.8 Å². The maximum atomic E-state index is 12.7. The lowest BCUT2D eigenvalue weighted by Gasteiger charge is -2.32. The number of hydrogen-bond acceptors (Lipinski definition) is 3. The van der Waals surface area contributed by atoms with Crippen molar-refractivity contribution in [3.05, 3.63) is 30.3 Å². The van der Waals surface area contributed by atoms with E-state index in [-0.39, 0.29) is 6.04 Å². The van der Waals surface area contributed by atoms with E-state index in [1.54, 1.807) is 24.3 Å². The first kappa shape index (κ1) is 12.6. The smallest absolute Gasteiger partial charge is 0.185 e. The van der Waals surface area contributed by atoms with Crippen molar-refractivity contribution in [2.75, 3.05) is 0 Å². The number of rotatable bonds is 3. The molecule has 1 aromatic rings. The maximum absolute atomic E-state index is 12.7. The third kappa shape index (κ3) is 1.89. The Kier molecular flexibility index (Phi) is 3.27. The molecule has 0 spiro atoms. The summed E-state index contributed by atoms with van der Waals surface area (Å²) >= 11 is 0. The summed E-state index contributed by atoms with van der Waals surface area (Å²) in [6, 6.07) is 8.35. The summed E-state index contributed by atoms with van der Waals surface area (Å²) in [5, 5.41) is 0. The molecule has 0 radical (unpaired) electrons. The van der Waals surface area contributed by atoms with Gasteiger partial charge in [-0.3, -0.25) is 0 Å². The van der Waals surface area contributed by atoms with Crippen molar-refractivity contribution in [1.29, 1.82) is 0 Å². The normalized spacial score (nSPS) is 21.3. The van der Waals surface area contributed by atoms with Gasteiger partial charge in [-0.25, -0.2) is 8.42 Å². The Bertz CT molecular complexity index is 473. The fraction of sp³-hybridized carbons (Fsp3) is 0.538. The molecule has 1 aromatic carbocycles. The van der Waals surface area contributed by atoms with Gasteiger partial charge in [0, 0.05) is 6.04 Å². The average Bonchev–Trinajstić information content (AvgIpc) is 2.81. The zero-order chi connectivity index (χ0) is 12.5. The highest BCUT2D eigenvalue weighted by Gasteiger charge is 2.49. The second-order valence-electron chi connectivity index (χ2n) is 4.88. The van der Waals surface area contributed by atoms with Crippen LogP contribution in [0, 0.1) is 0 Å². The van der Waals surface area contributed by atoms with Crippen LogP contribution in [0.3, 0.4) is 0 Å². The summed E-state index contributed by atoms with van der Waals surface area (Å²) in [7, 11) is -3.32. The second kappa shape index (κ2) is 4.42. The van der Waals surface area contributed by atoms with Gasteiger partial charge in [0.05, 0.1) is 9.64 Å². The monoisotopic (exact) mass is 253 g/mol. The summed E-state index contributed by atoms with van der Waals surface area (Å²) in [4.78, 5) is 0.402. The summed E-state index contributed by atoms with van der Waals surface area (Å²) in [5.74, 6) is 0. The molecule has 1 aliphatic rings. The van der Waals surface area contributed by atoms with Gasteiger partial charge in [-0.05, 0) is 31.9 Å². The molecule has 0 aromatic heterocycles. The molecule has 0 heterocycles. The Labute approximate surface area is 103 Å². The van der Waals surface area contributed by atoms with Crippen LogP contribution in [0.15, 0.2) is 35.2 Å². The first-order valence-electron chi connectivity index (χ1n) is 6.06. The average molecular weight is 253 g/mol. The minimum absolute atomic E-state index is 0.324. The lowest BCUT2D eigenvalue weighted by molar-refractivity contribution is 0.455. The van der Waals surface area contributed by atoms with Crippen molar-refractivity contribution in [2.24, 2.45) is 5.73 Å². The fourth-order valence-corrected chi connectivity index (χ4v) is 5.08. The van der Waals surface area contributed by atoms with Crippen LogP contribution < -0.4 is 5.73 Å². The van der Waals surface area contributed by atoms with Gasteiger partial charge >= 0.3 is 0 Å². The summed E-state index contributed by atoms with van der Waals surface area (Å²) < 4.78 is 24.7. The Morgan fingerprint density at radius 3 is 2.18 bits per heavy atom. The minimum atomic E-state index is -3.32. The Balaban J connectivity index is 2.51. The molecule has 0 amide bonds. The van der Waals surface area contributed by atoms with Crippen molar-refractivity contribution >= 4 is 9.84 Å². The molecular weight excluding hydrogens is 234 g/mol. The van der Waals surface area contributed by atoms with E-state index in [4.69, 9.17) is 5.73 Å². The van der Waals surface area contributed by atoms with Gasteiger partial charge in [-0.15, -0.1) is 0 Å². The first-order chi connectivity index (χ1) is 8.01. The first-order valence-corrected chi connectivity index (χ1v) is 7.54. The number of benzene rings is 1. The zero-order valence-corrected chi connectivity index (χ0v) is 10.9. The molecule has 1 atom stereocenters. The third-order valence-electron chi connectivity index (χ3n) is 3.87. The summed E-state index contributed by atoms with van der Waals surface area (Å²) in [6.07, 6.45) is 3.27. The molecule has 2 N–H and O–H groups in total. The van der Waals surface area contributed by atoms with Gasteiger partial charge in [-0.1, -0.05) is 31.0 Å². The van der Waals surface area contributed by atoms with Crippen LogP contribution >= 0.6 is 0 Å². The van der Waals surface area contributed by atoms with Gasteiger partial charge in [0.1, 0.15) is 0 Å². The molecule has 1 unspecified atom stereocenters. The molecule has 1 aliphatic carbocycles. The Morgan fingerprint density at radius 1 is 1.18 bits per heavy atom. The van der Waals surface area contributed by atoms with Crippen molar-refractivity contribution in [3.63, 3.8) is 0 Å². The number of nitrogens with two attached hydrogens (primary N) is 1. The number of hydrogen-bond donors (Lipinski definition) is 1. The van der Waals surface area contributed by atoms with Gasteiger partial charge in [0.15, 0.2) is 9.84 Å². The van der Waals surface area contributed by atoms with E-state index >= 15 is 0 Å². The van der Waals surface area contributed by atoms with Crippen LogP contribution in [0.5, 0.6) is 0 Å². The Hall–Kier alpha value is -0.870. The van der Waals surface area contributed by atoms with Gasteiger partial charge in [-0.2, -0.15) is 0 Å². The largest absolute Gasteiger partial charge is 0.327 e. The summed E-state index contributed by atoms with van der Waals surface area (Å²) in [6.45, 7) is 1.81. The van der Waals surface area contributed by atoms with E-state index in [0.29, 0.717) is 17.7 Å². The molecule has 0 saturated heterocycles. The molecule has 0 aliphatic heterocycles. The van der Waals surface area contributed by atoms with Crippen LogP contribution in [0.1, 0.15) is 32.6 Å². The van der Waals surface area contributed by atoms with E-state index in [1.807, 2.05) is 13.0 Å². The highest BCUT2D eigenvalue weighted by atomic mass is 32.2. The van der Waals surface area contributed by atoms with Crippen LogP contribution in [0.4, 0.5) is 0 Å². The van der Waals surface area contributed by atoms with E-state index < -0.39 is 14.6 Å². The maximum Gasteiger partial charge on any atom is 0.185 e. The molecule has 3 nitrogen and oxygen atoms in total. The molecule has 1 fully saturated rings. The summed E-state index contributed by atoms with van der Waals surface area (Å²) in [5.41, 5.74) is 5.98. The van der Waals surface area contributed by atoms with Crippen molar-refractivity contribution in [2.45, 2.75) is 48.3 Å². The molecular formula is C13H19NO2S. The van der Waals surface area contributed by atoms with E-state index in [9.17, 15) is 8.42 Å². The second-order valence-corrected chi connectivity index (χ2v) is 7.17. The van der Waals surface area contributed by atoms with E-state index in [1.165, 1.54) is 0 Å². The topological polar surface area (TPSA) is 60.2 Å². The highest BCUT2D eigenvalue weighted by Crippen LogP contribution is 2.42. The van der Waals surface area contributed by atoms with Crippen LogP contribution in [-0.2, 0) is 9.84 Å². The third-order valence-corrected chi connectivity index (χ3v) is 6.61. The molecule has 94 valence electrons. The van der Waals surface area contributed by atoms with E-state index in [2.05, 4.69) is 0 Å². The van der Waals surface area contributed by atoms with Crippen LogP contribution in [-0.4, -0.2) is 19.2 Å². The van der Waals surface area contributed by atoms with Gasteiger partial charge in [0.25, 0.3) is 0 Å². The highest BCUT2D eigenvalue weighted by molar-refractivity contribution is 7.93. The quantitative estimate of drug-likeness (QED) is 0.897. The molecule has 17 heavy (non-hydrogen) atoms.